The van der Waals surface area contributed by atoms with Crippen LogP contribution in [-0.4, -0.2) is 38.4 Å². The number of hydrogen-bond donors (Lipinski definition) is 2. The fourth-order valence-corrected chi connectivity index (χ4v) is 4.12. The maximum atomic E-state index is 13.3. The standard InChI is InChI=1S/C18H19F2N3O3S.ClH/c19-16-8-7-15(10-17(16)20)27(25,26)22-13-5-3-12(4-6-13)18(24)23-9-1-2-14(23)11-21;/h3-8,10,14,22H,1-2,9,11,21H2;1H. The molecule has 0 radical (unpaired) electrons. The SMILES string of the molecule is Cl.NCC1CCCN1C(=O)c1ccc(NS(=O)(=O)c2ccc(F)c(F)c2)cc1. The normalized spacial score (nSPS) is 16.5. The summed E-state index contributed by atoms with van der Waals surface area (Å²) in [6.07, 6.45) is 1.77. The summed E-state index contributed by atoms with van der Waals surface area (Å²) in [5.41, 5.74) is 6.31. The number of sulfonamides is 1. The number of amides is 1. The lowest BCUT2D eigenvalue weighted by Gasteiger charge is -2.23. The summed E-state index contributed by atoms with van der Waals surface area (Å²) >= 11 is 0. The van der Waals surface area contributed by atoms with Crippen LogP contribution >= 0.6 is 12.4 Å². The molecule has 152 valence electrons. The van der Waals surface area contributed by atoms with Crippen LogP contribution in [0.25, 0.3) is 0 Å². The maximum absolute atomic E-state index is 13.3. The van der Waals surface area contributed by atoms with E-state index < -0.39 is 26.6 Å². The first-order chi connectivity index (χ1) is 12.8. The number of benzene rings is 2. The Hall–Kier alpha value is -2.23. The Labute approximate surface area is 168 Å². The lowest BCUT2D eigenvalue weighted by atomic mass is 10.1. The largest absolute Gasteiger partial charge is 0.334 e. The Balaban J connectivity index is 0.00000280. The molecule has 1 amide bonds. The molecule has 10 heteroatoms. The van der Waals surface area contributed by atoms with Crippen LogP contribution in [0, 0.1) is 11.6 Å². The minimum Gasteiger partial charge on any atom is -0.334 e. The molecule has 2 aromatic rings. The molecule has 6 nitrogen and oxygen atoms in total. The second-order valence-electron chi connectivity index (χ2n) is 6.29. The maximum Gasteiger partial charge on any atom is 0.261 e. The summed E-state index contributed by atoms with van der Waals surface area (Å²) in [4.78, 5) is 13.9. The van der Waals surface area contributed by atoms with Gasteiger partial charge >= 0.3 is 0 Å². The molecule has 3 rings (SSSR count). The number of anilines is 1. The molecule has 0 aromatic heterocycles. The van der Waals surface area contributed by atoms with Crippen molar-refractivity contribution in [1.82, 2.24) is 4.90 Å². The lowest BCUT2D eigenvalue weighted by molar-refractivity contribution is 0.0741. The van der Waals surface area contributed by atoms with Gasteiger partial charge in [-0.05, 0) is 55.3 Å². The van der Waals surface area contributed by atoms with Crippen LogP contribution in [0.2, 0.25) is 0 Å². The zero-order valence-electron chi connectivity index (χ0n) is 14.8. The number of likely N-dealkylation sites (tertiary alicyclic amines) is 1. The summed E-state index contributed by atoms with van der Waals surface area (Å²) in [5.74, 6) is -2.54. The number of hydrogen-bond acceptors (Lipinski definition) is 4. The smallest absolute Gasteiger partial charge is 0.261 e. The highest BCUT2D eigenvalue weighted by Gasteiger charge is 2.28. The molecule has 0 bridgehead atoms. The minimum atomic E-state index is -4.08. The molecular formula is C18H20ClF2N3O3S. The van der Waals surface area contributed by atoms with E-state index in [1.807, 2.05) is 0 Å². The van der Waals surface area contributed by atoms with E-state index in [4.69, 9.17) is 5.73 Å². The Morgan fingerprint density at radius 1 is 1.14 bits per heavy atom. The van der Waals surface area contributed by atoms with Crippen LogP contribution in [-0.2, 0) is 10.0 Å². The van der Waals surface area contributed by atoms with Gasteiger partial charge in [0.15, 0.2) is 11.6 Å². The van der Waals surface area contributed by atoms with Gasteiger partial charge in [-0.3, -0.25) is 9.52 Å². The summed E-state index contributed by atoms with van der Waals surface area (Å²) in [5, 5.41) is 0. The van der Waals surface area contributed by atoms with E-state index in [-0.39, 0.29) is 30.0 Å². The number of nitrogens with two attached hydrogens (primary N) is 1. The molecule has 1 saturated heterocycles. The first-order valence-electron chi connectivity index (χ1n) is 8.41. The second kappa shape index (κ2) is 8.85. The predicted molar refractivity (Wildman–Crippen MR) is 104 cm³/mol. The van der Waals surface area contributed by atoms with Crippen molar-refractivity contribution in [3.05, 3.63) is 59.7 Å². The van der Waals surface area contributed by atoms with E-state index in [1.54, 1.807) is 4.90 Å². The average molecular weight is 432 g/mol. The fourth-order valence-electron chi connectivity index (χ4n) is 3.05. The molecule has 1 aliphatic heterocycles. The zero-order valence-corrected chi connectivity index (χ0v) is 16.4. The first kappa shape index (κ1) is 22.1. The molecule has 0 aliphatic carbocycles. The van der Waals surface area contributed by atoms with Crippen LogP contribution in [0.5, 0.6) is 0 Å². The highest BCUT2D eigenvalue weighted by atomic mass is 35.5. The number of carbonyl (C=O) groups excluding carboxylic acids is 1. The van der Waals surface area contributed by atoms with Gasteiger partial charge < -0.3 is 10.6 Å². The Morgan fingerprint density at radius 3 is 2.43 bits per heavy atom. The average Bonchev–Trinajstić information content (AvgIpc) is 3.12. The number of rotatable bonds is 5. The molecule has 3 N–H and O–H groups in total. The lowest BCUT2D eigenvalue weighted by Crippen LogP contribution is -2.39. The second-order valence-corrected chi connectivity index (χ2v) is 7.97. The quantitative estimate of drug-likeness (QED) is 0.761. The van der Waals surface area contributed by atoms with E-state index >= 15 is 0 Å². The Morgan fingerprint density at radius 2 is 1.82 bits per heavy atom. The number of nitrogens with zero attached hydrogens (tertiary/aromatic N) is 1. The molecule has 1 fully saturated rings. The van der Waals surface area contributed by atoms with Crippen molar-refractivity contribution in [3.8, 4) is 0 Å². The van der Waals surface area contributed by atoms with Gasteiger partial charge in [0.05, 0.1) is 4.90 Å². The van der Waals surface area contributed by atoms with Gasteiger partial charge in [0.2, 0.25) is 0 Å². The van der Waals surface area contributed by atoms with Crippen molar-refractivity contribution in [2.75, 3.05) is 17.8 Å². The third-order valence-electron chi connectivity index (χ3n) is 4.50. The predicted octanol–water partition coefficient (Wildman–Crippen LogP) is 2.75. The zero-order chi connectivity index (χ0) is 19.6. The van der Waals surface area contributed by atoms with Crippen LogP contribution in [0.15, 0.2) is 47.4 Å². The highest BCUT2D eigenvalue weighted by molar-refractivity contribution is 7.92. The number of halogens is 3. The van der Waals surface area contributed by atoms with Gasteiger partial charge in [-0.15, -0.1) is 12.4 Å². The molecule has 2 aromatic carbocycles. The fraction of sp³-hybridized carbons (Fsp3) is 0.278. The minimum absolute atomic E-state index is 0. The third kappa shape index (κ3) is 4.60. The van der Waals surface area contributed by atoms with Gasteiger partial charge in [0, 0.05) is 30.4 Å². The van der Waals surface area contributed by atoms with Crippen LogP contribution in [0.1, 0.15) is 23.2 Å². The number of nitrogens with one attached hydrogen (secondary N) is 1. The molecule has 1 atom stereocenters. The van der Waals surface area contributed by atoms with Crippen molar-refractivity contribution in [2.24, 2.45) is 5.73 Å². The Kier molecular flexibility index (Phi) is 6.97. The van der Waals surface area contributed by atoms with Crippen molar-refractivity contribution in [3.63, 3.8) is 0 Å². The highest BCUT2D eigenvalue weighted by Crippen LogP contribution is 2.22. The van der Waals surface area contributed by atoms with Crippen LogP contribution < -0.4 is 10.5 Å². The van der Waals surface area contributed by atoms with E-state index in [2.05, 4.69) is 4.72 Å². The molecular weight excluding hydrogens is 412 g/mol. The summed E-state index contributed by atoms with van der Waals surface area (Å²) in [7, 11) is -4.08. The van der Waals surface area contributed by atoms with Gasteiger partial charge in [0.25, 0.3) is 15.9 Å². The van der Waals surface area contributed by atoms with Crippen LogP contribution in [0.3, 0.4) is 0 Å². The van der Waals surface area contributed by atoms with E-state index in [9.17, 15) is 22.0 Å². The summed E-state index contributed by atoms with van der Waals surface area (Å²) in [6.45, 7) is 1.04. The molecule has 28 heavy (non-hydrogen) atoms. The Bertz CT molecular complexity index is 955. The molecule has 0 spiro atoms. The molecule has 0 saturated carbocycles. The number of carbonyl (C=O) groups is 1. The van der Waals surface area contributed by atoms with E-state index in [0.29, 0.717) is 24.7 Å². The molecule has 1 unspecified atom stereocenters. The molecule has 1 heterocycles. The topological polar surface area (TPSA) is 92.5 Å². The van der Waals surface area contributed by atoms with Crippen molar-refractivity contribution >= 4 is 34.0 Å². The van der Waals surface area contributed by atoms with Gasteiger partial charge in [-0.1, -0.05) is 0 Å². The summed E-state index contributed by atoms with van der Waals surface area (Å²) < 4.78 is 53.1. The van der Waals surface area contributed by atoms with Crippen molar-refractivity contribution < 1.29 is 22.0 Å². The van der Waals surface area contributed by atoms with Crippen molar-refractivity contribution in [1.29, 1.82) is 0 Å². The molecule has 1 aliphatic rings. The monoisotopic (exact) mass is 431 g/mol. The van der Waals surface area contributed by atoms with Crippen molar-refractivity contribution in [2.45, 2.75) is 23.8 Å². The van der Waals surface area contributed by atoms with E-state index in [0.717, 1.165) is 25.0 Å². The first-order valence-corrected chi connectivity index (χ1v) is 9.89. The van der Waals surface area contributed by atoms with E-state index in [1.165, 1.54) is 24.3 Å². The summed E-state index contributed by atoms with van der Waals surface area (Å²) in [6, 6.07) is 8.25. The van der Waals surface area contributed by atoms with Gasteiger partial charge in [-0.2, -0.15) is 0 Å². The van der Waals surface area contributed by atoms with Crippen LogP contribution in [0.4, 0.5) is 14.5 Å². The van der Waals surface area contributed by atoms with Gasteiger partial charge in [0.1, 0.15) is 0 Å². The third-order valence-corrected chi connectivity index (χ3v) is 5.87. The van der Waals surface area contributed by atoms with Gasteiger partial charge in [-0.25, -0.2) is 17.2 Å².